The summed E-state index contributed by atoms with van der Waals surface area (Å²) in [5.41, 5.74) is 1.67. The molecule has 0 aliphatic rings. The zero-order chi connectivity index (χ0) is 13.7. The summed E-state index contributed by atoms with van der Waals surface area (Å²) in [5.74, 6) is 0.828. The minimum Gasteiger partial charge on any atom is -0.335 e. The van der Waals surface area contributed by atoms with Crippen molar-refractivity contribution in [3.05, 3.63) is 53.4 Å². The van der Waals surface area contributed by atoms with E-state index in [-0.39, 0.29) is 5.82 Å². The Labute approximate surface area is 113 Å². The molecule has 102 valence electrons. The van der Waals surface area contributed by atoms with Crippen LogP contribution in [0.15, 0.2) is 30.6 Å². The molecule has 0 saturated heterocycles. The molecule has 0 aliphatic heterocycles. The van der Waals surface area contributed by atoms with Crippen LogP contribution in [0.25, 0.3) is 0 Å². The van der Waals surface area contributed by atoms with Crippen LogP contribution in [0.2, 0.25) is 0 Å². The van der Waals surface area contributed by atoms with Gasteiger partial charge in [0, 0.05) is 37.5 Å². The Hall–Kier alpha value is -1.68. The number of aromatic nitrogens is 2. The number of hydrogen-bond donors (Lipinski definition) is 1. The lowest BCUT2D eigenvalue weighted by Gasteiger charge is -2.08. The van der Waals surface area contributed by atoms with Gasteiger partial charge in [-0.3, -0.25) is 0 Å². The lowest BCUT2D eigenvalue weighted by molar-refractivity contribution is 0.591. The maximum absolute atomic E-state index is 13.9. The highest BCUT2D eigenvalue weighted by molar-refractivity contribution is 5.26. The van der Waals surface area contributed by atoms with Gasteiger partial charge in [-0.2, -0.15) is 0 Å². The third kappa shape index (κ3) is 3.41. The van der Waals surface area contributed by atoms with Gasteiger partial charge in [0.1, 0.15) is 11.6 Å². The number of halogens is 1. The Kier molecular flexibility index (Phi) is 4.68. The molecule has 1 heterocycles. The molecule has 0 atom stereocenters. The first-order valence-electron chi connectivity index (χ1n) is 6.72. The quantitative estimate of drug-likeness (QED) is 0.866. The molecule has 1 N–H and O–H groups in total. The van der Waals surface area contributed by atoms with Crippen LogP contribution in [0.5, 0.6) is 0 Å². The number of imidazole rings is 1. The summed E-state index contributed by atoms with van der Waals surface area (Å²) in [6.45, 7) is 6.39. The van der Waals surface area contributed by atoms with E-state index in [1.807, 2.05) is 25.3 Å². The third-order valence-corrected chi connectivity index (χ3v) is 3.19. The molecule has 0 unspecified atom stereocenters. The lowest BCUT2D eigenvalue weighted by atomic mass is 10.1. The first kappa shape index (κ1) is 13.7. The van der Waals surface area contributed by atoms with Crippen molar-refractivity contribution in [2.75, 3.05) is 6.54 Å². The number of nitrogens with zero attached hydrogens (tertiary/aromatic N) is 2. The highest BCUT2D eigenvalue weighted by Crippen LogP contribution is 2.14. The standard InChI is InChI=1S/C15H20FN3/c1-3-17-11-13-6-5-12(9-14(13)16)10-15-18-7-8-19(15)4-2/h5-9,17H,3-4,10-11H2,1-2H3. The zero-order valence-corrected chi connectivity index (χ0v) is 11.5. The topological polar surface area (TPSA) is 29.9 Å². The molecule has 0 fully saturated rings. The highest BCUT2D eigenvalue weighted by atomic mass is 19.1. The van der Waals surface area contributed by atoms with E-state index in [9.17, 15) is 4.39 Å². The van der Waals surface area contributed by atoms with Crippen LogP contribution in [-0.4, -0.2) is 16.1 Å². The molecule has 0 saturated carbocycles. The van der Waals surface area contributed by atoms with E-state index in [0.29, 0.717) is 18.5 Å². The second kappa shape index (κ2) is 6.48. The molecule has 0 radical (unpaired) electrons. The van der Waals surface area contributed by atoms with Gasteiger partial charge in [0.25, 0.3) is 0 Å². The van der Waals surface area contributed by atoms with Crippen LogP contribution in [-0.2, 0) is 19.5 Å². The van der Waals surface area contributed by atoms with Crippen molar-refractivity contribution in [2.45, 2.75) is 33.4 Å². The Bertz CT molecular complexity index is 534. The lowest BCUT2D eigenvalue weighted by Crippen LogP contribution is -2.13. The van der Waals surface area contributed by atoms with Gasteiger partial charge in [0.2, 0.25) is 0 Å². The predicted octanol–water partition coefficient (Wildman–Crippen LogP) is 2.74. The van der Waals surface area contributed by atoms with Crippen molar-refractivity contribution in [3.63, 3.8) is 0 Å². The summed E-state index contributed by atoms with van der Waals surface area (Å²) >= 11 is 0. The molecule has 19 heavy (non-hydrogen) atoms. The van der Waals surface area contributed by atoms with Crippen molar-refractivity contribution in [3.8, 4) is 0 Å². The minimum atomic E-state index is -0.145. The largest absolute Gasteiger partial charge is 0.335 e. The number of aryl methyl sites for hydroxylation is 1. The molecule has 1 aromatic heterocycles. The van der Waals surface area contributed by atoms with Gasteiger partial charge in [-0.25, -0.2) is 9.37 Å². The number of nitrogens with one attached hydrogen (secondary N) is 1. The van der Waals surface area contributed by atoms with Crippen molar-refractivity contribution in [1.82, 2.24) is 14.9 Å². The van der Waals surface area contributed by atoms with Crippen LogP contribution in [0.4, 0.5) is 4.39 Å². The monoisotopic (exact) mass is 261 g/mol. The first-order valence-corrected chi connectivity index (χ1v) is 6.72. The van der Waals surface area contributed by atoms with E-state index < -0.39 is 0 Å². The van der Waals surface area contributed by atoms with E-state index in [1.54, 1.807) is 12.3 Å². The number of rotatable bonds is 6. The highest BCUT2D eigenvalue weighted by Gasteiger charge is 2.06. The van der Waals surface area contributed by atoms with Crippen LogP contribution in [0.1, 0.15) is 30.8 Å². The zero-order valence-electron chi connectivity index (χ0n) is 11.5. The van der Waals surface area contributed by atoms with E-state index >= 15 is 0 Å². The summed E-state index contributed by atoms with van der Waals surface area (Å²) in [5, 5.41) is 3.13. The van der Waals surface area contributed by atoms with Gasteiger partial charge in [-0.15, -0.1) is 0 Å². The predicted molar refractivity (Wildman–Crippen MR) is 74.5 cm³/mol. The van der Waals surface area contributed by atoms with E-state index in [1.165, 1.54) is 0 Å². The van der Waals surface area contributed by atoms with Gasteiger partial charge < -0.3 is 9.88 Å². The maximum Gasteiger partial charge on any atom is 0.127 e. The smallest absolute Gasteiger partial charge is 0.127 e. The van der Waals surface area contributed by atoms with E-state index in [2.05, 4.69) is 21.8 Å². The number of benzene rings is 1. The van der Waals surface area contributed by atoms with Crippen LogP contribution in [0, 0.1) is 5.82 Å². The normalized spacial score (nSPS) is 10.9. The fraction of sp³-hybridized carbons (Fsp3) is 0.400. The average molecular weight is 261 g/mol. The van der Waals surface area contributed by atoms with Crippen molar-refractivity contribution < 1.29 is 4.39 Å². The third-order valence-electron chi connectivity index (χ3n) is 3.19. The molecule has 4 heteroatoms. The van der Waals surface area contributed by atoms with Crippen molar-refractivity contribution >= 4 is 0 Å². The fourth-order valence-corrected chi connectivity index (χ4v) is 2.08. The second-order valence-electron chi connectivity index (χ2n) is 4.51. The van der Waals surface area contributed by atoms with Gasteiger partial charge in [0.05, 0.1) is 0 Å². The van der Waals surface area contributed by atoms with Crippen LogP contribution in [0.3, 0.4) is 0 Å². The summed E-state index contributed by atoms with van der Waals surface area (Å²) in [4.78, 5) is 4.31. The fourth-order valence-electron chi connectivity index (χ4n) is 2.08. The van der Waals surface area contributed by atoms with Gasteiger partial charge >= 0.3 is 0 Å². The first-order chi connectivity index (χ1) is 9.24. The molecule has 2 aromatic rings. The summed E-state index contributed by atoms with van der Waals surface area (Å²) in [7, 11) is 0. The molecular formula is C15H20FN3. The second-order valence-corrected chi connectivity index (χ2v) is 4.51. The SMILES string of the molecule is CCNCc1ccc(Cc2nccn2CC)cc1F. The average Bonchev–Trinajstić information content (AvgIpc) is 2.85. The molecule has 2 rings (SSSR count). The van der Waals surface area contributed by atoms with Crippen LogP contribution >= 0.6 is 0 Å². The summed E-state index contributed by atoms with van der Waals surface area (Å²) < 4.78 is 16.0. The Morgan fingerprint density at radius 1 is 1.32 bits per heavy atom. The van der Waals surface area contributed by atoms with E-state index in [4.69, 9.17) is 0 Å². The number of hydrogen-bond acceptors (Lipinski definition) is 2. The van der Waals surface area contributed by atoms with Crippen molar-refractivity contribution in [2.24, 2.45) is 0 Å². The van der Waals surface area contributed by atoms with Crippen LogP contribution < -0.4 is 5.32 Å². The Balaban J connectivity index is 2.11. The minimum absolute atomic E-state index is 0.145. The van der Waals surface area contributed by atoms with Crippen molar-refractivity contribution in [1.29, 1.82) is 0 Å². The summed E-state index contributed by atoms with van der Waals surface area (Å²) in [6.07, 6.45) is 4.40. The molecule has 1 aromatic carbocycles. The molecule has 0 bridgehead atoms. The molecule has 0 aliphatic carbocycles. The molecule has 0 spiro atoms. The Morgan fingerprint density at radius 3 is 2.84 bits per heavy atom. The summed E-state index contributed by atoms with van der Waals surface area (Å²) in [6, 6.07) is 5.44. The Morgan fingerprint density at radius 2 is 2.16 bits per heavy atom. The molecule has 0 amide bonds. The molecular weight excluding hydrogens is 241 g/mol. The van der Waals surface area contributed by atoms with Gasteiger partial charge in [-0.1, -0.05) is 19.1 Å². The maximum atomic E-state index is 13.9. The van der Waals surface area contributed by atoms with Gasteiger partial charge in [-0.05, 0) is 25.1 Å². The molecule has 3 nitrogen and oxygen atoms in total. The van der Waals surface area contributed by atoms with Gasteiger partial charge in [0.15, 0.2) is 0 Å². The van der Waals surface area contributed by atoms with E-state index in [0.717, 1.165) is 24.5 Å².